The van der Waals surface area contributed by atoms with Crippen LogP contribution in [-0.4, -0.2) is 71.4 Å². The van der Waals surface area contributed by atoms with Gasteiger partial charge in [-0.2, -0.15) is 17.9 Å². The quantitative estimate of drug-likeness (QED) is 0.525. The third-order valence-electron chi connectivity index (χ3n) is 4.03. The van der Waals surface area contributed by atoms with E-state index in [-0.39, 0.29) is 29.0 Å². The van der Waals surface area contributed by atoms with Gasteiger partial charge in [-0.15, -0.1) is 5.10 Å². The molecule has 1 fully saturated rings. The molecule has 1 amide bonds. The summed E-state index contributed by atoms with van der Waals surface area (Å²) in [5.74, 6) is -1.49. The predicted octanol–water partition coefficient (Wildman–Crippen LogP) is 0.787. The lowest BCUT2D eigenvalue weighted by Gasteiger charge is -2.23. The van der Waals surface area contributed by atoms with Gasteiger partial charge in [0.25, 0.3) is 0 Å². The molecule has 0 bridgehead atoms. The van der Waals surface area contributed by atoms with Gasteiger partial charge in [0.1, 0.15) is 11.3 Å². The van der Waals surface area contributed by atoms with Crippen LogP contribution in [0.5, 0.6) is 0 Å². The van der Waals surface area contributed by atoms with Crippen molar-refractivity contribution in [2.24, 2.45) is 0 Å². The third kappa shape index (κ3) is 5.78. The number of amides is 1. The number of anilines is 1. The van der Waals surface area contributed by atoms with Crippen LogP contribution in [0.25, 0.3) is 0 Å². The number of aromatic nitrogens is 2. The van der Waals surface area contributed by atoms with Gasteiger partial charge in [0.2, 0.25) is 11.7 Å². The molecule has 1 saturated heterocycles. The normalized spacial score (nSPS) is 16.3. The first-order chi connectivity index (χ1) is 12.6. The number of hydrogen-bond acceptors (Lipinski definition) is 6. The Morgan fingerprint density at radius 1 is 1.26 bits per heavy atom. The molecule has 2 heterocycles. The maximum atomic E-state index is 12.8. The fourth-order valence-corrected chi connectivity index (χ4v) is 2.80. The Morgan fingerprint density at radius 2 is 1.96 bits per heavy atom. The molecule has 1 aromatic heterocycles. The molecule has 0 spiro atoms. The van der Waals surface area contributed by atoms with Crippen molar-refractivity contribution in [3.63, 3.8) is 0 Å². The van der Waals surface area contributed by atoms with Crippen LogP contribution < -0.4 is 15.7 Å². The first kappa shape index (κ1) is 20.9. The van der Waals surface area contributed by atoms with Crippen molar-refractivity contribution in [1.29, 1.82) is 10.8 Å². The number of nitrogens with one attached hydrogen (secondary N) is 3. The summed E-state index contributed by atoms with van der Waals surface area (Å²) in [6.45, 7) is 6.34. The van der Waals surface area contributed by atoms with Crippen molar-refractivity contribution in [3.05, 3.63) is 17.6 Å². The van der Waals surface area contributed by atoms with Gasteiger partial charge >= 0.3 is 6.18 Å². The molecule has 0 unspecified atom stereocenters. The Labute approximate surface area is 155 Å². The highest BCUT2D eigenvalue weighted by Gasteiger charge is 2.37. The van der Waals surface area contributed by atoms with Crippen molar-refractivity contribution in [2.45, 2.75) is 32.5 Å². The second-order valence-corrected chi connectivity index (χ2v) is 6.67. The standard InChI is InChI=1S/C16H24F3N7O/c1-11(2)22-14(27)10-24-6-3-7-25(9-8-24)13-5-4-12(20)26(23-13)15(21)16(17,18)19/h4-5,11,20-21H,3,6-10H2,1-2H3,(H,22,27). The number of hydrogen-bond donors (Lipinski definition) is 3. The topological polar surface area (TPSA) is 101 Å². The molecule has 11 heteroatoms. The molecule has 3 N–H and O–H groups in total. The van der Waals surface area contributed by atoms with Crippen molar-refractivity contribution < 1.29 is 18.0 Å². The van der Waals surface area contributed by atoms with E-state index >= 15 is 0 Å². The van der Waals surface area contributed by atoms with E-state index < -0.39 is 17.5 Å². The van der Waals surface area contributed by atoms with Crippen LogP contribution >= 0.6 is 0 Å². The summed E-state index contributed by atoms with van der Waals surface area (Å²) in [6.07, 6.45) is -4.17. The molecule has 1 aliphatic heterocycles. The van der Waals surface area contributed by atoms with Gasteiger partial charge in [0.15, 0.2) is 0 Å². The summed E-state index contributed by atoms with van der Waals surface area (Å²) in [6, 6.07) is 2.73. The number of rotatable bonds is 4. The molecule has 0 radical (unpaired) electrons. The van der Waals surface area contributed by atoms with Crippen molar-refractivity contribution in [1.82, 2.24) is 20.0 Å². The number of nitrogens with zero attached hydrogens (tertiary/aromatic N) is 4. The highest BCUT2D eigenvalue weighted by atomic mass is 19.4. The largest absolute Gasteiger partial charge is 0.451 e. The lowest BCUT2D eigenvalue weighted by atomic mass is 10.3. The van der Waals surface area contributed by atoms with Crippen molar-refractivity contribution in [2.75, 3.05) is 37.6 Å². The second-order valence-electron chi connectivity index (χ2n) is 6.67. The number of alkyl halides is 3. The molecule has 8 nitrogen and oxygen atoms in total. The average Bonchev–Trinajstić information content (AvgIpc) is 2.78. The molecule has 0 atom stereocenters. The first-order valence-corrected chi connectivity index (χ1v) is 8.65. The minimum absolute atomic E-state index is 0.0629. The third-order valence-corrected chi connectivity index (χ3v) is 4.03. The lowest BCUT2D eigenvalue weighted by molar-refractivity contribution is -0.122. The minimum atomic E-state index is -4.88. The maximum Gasteiger partial charge on any atom is 0.451 e. The Bertz CT molecular complexity index is 744. The van der Waals surface area contributed by atoms with Crippen LogP contribution in [-0.2, 0) is 4.79 Å². The van der Waals surface area contributed by atoms with Gasteiger partial charge < -0.3 is 10.2 Å². The molecule has 150 valence electrons. The summed E-state index contributed by atoms with van der Waals surface area (Å²) >= 11 is 0. The van der Waals surface area contributed by atoms with Crippen LogP contribution in [0.1, 0.15) is 20.3 Å². The monoisotopic (exact) mass is 387 g/mol. The molecule has 1 aliphatic rings. The smallest absolute Gasteiger partial charge is 0.354 e. The van der Waals surface area contributed by atoms with Crippen molar-refractivity contribution in [3.8, 4) is 0 Å². The van der Waals surface area contributed by atoms with Gasteiger partial charge in [-0.1, -0.05) is 0 Å². The number of carbonyl (C=O) groups is 1. The van der Waals surface area contributed by atoms with E-state index in [0.717, 1.165) is 6.42 Å². The Kier molecular flexibility index (Phi) is 6.58. The van der Waals surface area contributed by atoms with E-state index in [1.54, 1.807) is 4.90 Å². The Balaban J connectivity index is 2.08. The number of carbonyl (C=O) groups excluding carboxylic acids is 1. The molecular weight excluding hydrogens is 363 g/mol. The fraction of sp³-hybridized carbons (Fsp3) is 0.625. The molecule has 27 heavy (non-hydrogen) atoms. The predicted molar refractivity (Wildman–Crippen MR) is 93.8 cm³/mol. The van der Waals surface area contributed by atoms with E-state index in [1.807, 2.05) is 18.7 Å². The van der Waals surface area contributed by atoms with E-state index in [2.05, 4.69) is 10.4 Å². The van der Waals surface area contributed by atoms with Crippen LogP contribution in [0.4, 0.5) is 19.0 Å². The molecule has 1 aromatic rings. The number of halogens is 3. The highest BCUT2D eigenvalue weighted by Crippen LogP contribution is 2.17. The molecule has 0 aromatic carbocycles. The second kappa shape index (κ2) is 8.51. The van der Waals surface area contributed by atoms with Crippen LogP contribution in [0, 0.1) is 10.8 Å². The summed E-state index contributed by atoms with van der Waals surface area (Å²) in [4.78, 5) is 15.7. The van der Waals surface area contributed by atoms with E-state index in [0.29, 0.717) is 26.2 Å². The van der Waals surface area contributed by atoms with Crippen molar-refractivity contribution >= 4 is 17.6 Å². The molecular formula is C16H24F3N7O. The van der Waals surface area contributed by atoms with Crippen LogP contribution in [0.3, 0.4) is 0 Å². The maximum absolute atomic E-state index is 12.8. The summed E-state index contributed by atoms with van der Waals surface area (Å²) in [5, 5.41) is 21.5. The minimum Gasteiger partial charge on any atom is -0.354 e. The van der Waals surface area contributed by atoms with Gasteiger partial charge in [0, 0.05) is 32.2 Å². The van der Waals surface area contributed by atoms with Gasteiger partial charge in [-0.3, -0.25) is 20.5 Å². The highest BCUT2D eigenvalue weighted by molar-refractivity contribution is 5.85. The van der Waals surface area contributed by atoms with Crippen LogP contribution in [0.15, 0.2) is 12.1 Å². The zero-order chi connectivity index (χ0) is 20.2. The summed E-state index contributed by atoms with van der Waals surface area (Å²) < 4.78 is 38.7. The van der Waals surface area contributed by atoms with E-state index in [4.69, 9.17) is 10.8 Å². The SMILES string of the molecule is CC(C)NC(=O)CN1CCCN(c2ccc(=N)n(C(=N)C(F)(F)F)n2)CC1. The average molecular weight is 387 g/mol. The summed E-state index contributed by atoms with van der Waals surface area (Å²) in [7, 11) is 0. The molecule has 0 aliphatic carbocycles. The van der Waals surface area contributed by atoms with Gasteiger partial charge in [-0.25, -0.2) is 0 Å². The molecule has 0 saturated carbocycles. The Morgan fingerprint density at radius 3 is 2.59 bits per heavy atom. The molecule has 2 rings (SSSR count). The van der Waals surface area contributed by atoms with E-state index in [9.17, 15) is 18.0 Å². The van der Waals surface area contributed by atoms with Gasteiger partial charge in [-0.05, 0) is 32.4 Å². The fourth-order valence-electron chi connectivity index (χ4n) is 2.80. The zero-order valence-electron chi connectivity index (χ0n) is 15.3. The van der Waals surface area contributed by atoms with Crippen LogP contribution in [0.2, 0.25) is 0 Å². The lowest BCUT2D eigenvalue weighted by Crippen LogP contribution is -2.42. The first-order valence-electron chi connectivity index (χ1n) is 8.65. The summed E-state index contributed by atoms with van der Waals surface area (Å²) in [5.41, 5.74) is -0.511. The zero-order valence-corrected chi connectivity index (χ0v) is 15.3. The Hall–Kier alpha value is -2.43. The van der Waals surface area contributed by atoms with Gasteiger partial charge in [0.05, 0.1) is 6.54 Å². The van der Waals surface area contributed by atoms with E-state index in [1.165, 1.54) is 12.1 Å².